The van der Waals surface area contributed by atoms with Crippen LogP contribution in [0.1, 0.15) is 25.8 Å². The summed E-state index contributed by atoms with van der Waals surface area (Å²) in [5.74, 6) is 0. The average Bonchev–Trinajstić information content (AvgIpc) is 2.52. The van der Waals surface area contributed by atoms with E-state index in [0.29, 0.717) is 0 Å². The van der Waals surface area contributed by atoms with E-state index in [4.69, 9.17) is 0 Å². The van der Waals surface area contributed by atoms with Gasteiger partial charge in [-0.3, -0.25) is 0 Å². The third-order valence-corrected chi connectivity index (χ3v) is 3.01. The minimum absolute atomic E-state index is 1.09. The molecule has 0 amide bonds. The van der Waals surface area contributed by atoms with Crippen LogP contribution in [0.2, 0.25) is 0 Å². The standard InChI is InChI=1S/C14H16/c1-11-8-9-14(12(11)2)10-13-6-4-3-5-7-13/h3-7,9H,8,10H2,1-2H3. The van der Waals surface area contributed by atoms with Gasteiger partial charge in [0.25, 0.3) is 0 Å². The van der Waals surface area contributed by atoms with Gasteiger partial charge in [0.15, 0.2) is 0 Å². The van der Waals surface area contributed by atoms with Crippen LogP contribution in [0.15, 0.2) is 53.1 Å². The fraction of sp³-hybridized carbons (Fsp3) is 0.286. The molecule has 2 rings (SSSR count). The summed E-state index contributed by atoms with van der Waals surface area (Å²) in [6, 6.07) is 10.7. The monoisotopic (exact) mass is 184 g/mol. The highest BCUT2D eigenvalue weighted by atomic mass is 14.2. The first-order valence-corrected chi connectivity index (χ1v) is 5.17. The zero-order valence-corrected chi connectivity index (χ0v) is 8.88. The SMILES string of the molecule is CC1=C(C)C(Cc2ccccc2)=CC1. The van der Waals surface area contributed by atoms with Crippen LogP contribution in [0, 0.1) is 0 Å². The molecule has 0 radical (unpaired) electrons. The quantitative estimate of drug-likeness (QED) is 0.654. The summed E-state index contributed by atoms with van der Waals surface area (Å²) in [5.41, 5.74) is 5.94. The lowest BCUT2D eigenvalue weighted by atomic mass is 10.0. The molecule has 0 unspecified atom stereocenters. The predicted octanol–water partition coefficient (Wildman–Crippen LogP) is 3.90. The van der Waals surface area contributed by atoms with E-state index in [1.165, 1.54) is 22.3 Å². The predicted molar refractivity (Wildman–Crippen MR) is 61.2 cm³/mol. The molecular formula is C14H16. The second kappa shape index (κ2) is 3.83. The molecule has 0 fully saturated rings. The van der Waals surface area contributed by atoms with Gasteiger partial charge >= 0.3 is 0 Å². The molecular weight excluding hydrogens is 168 g/mol. The summed E-state index contributed by atoms with van der Waals surface area (Å²) in [6.45, 7) is 4.46. The van der Waals surface area contributed by atoms with Crippen LogP contribution in [0.5, 0.6) is 0 Å². The van der Waals surface area contributed by atoms with Crippen LogP contribution in [0.3, 0.4) is 0 Å². The van der Waals surface area contributed by atoms with Crippen molar-refractivity contribution in [3.8, 4) is 0 Å². The van der Waals surface area contributed by atoms with E-state index >= 15 is 0 Å². The Morgan fingerprint density at radius 2 is 1.79 bits per heavy atom. The second-order valence-electron chi connectivity index (χ2n) is 4.00. The zero-order chi connectivity index (χ0) is 9.97. The lowest BCUT2D eigenvalue weighted by Gasteiger charge is -2.04. The first kappa shape index (κ1) is 9.26. The molecule has 14 heavy (non-hydrogen) atoms. The van der Waals surface area contributed by atoms with Crippen molar-refractivity contribution in [2.75, 3.05) is 0 Å². The van der Waals surface area contributed by atoms with Crippen molar-refractivity contribution in [3.63, 3.8) is 0 Å². The Morgan fingerprint density at radius 3 is 2.36 bits per heavy atom. The Hall–Kier alpha value is -1.30. The Bertz CT molecular complexity index is 380. The van der Waals surface area contributed by atoms with Crippen molar-refractivity contribution in [2.24, 2.45) is 0 Å². The van der Waals surface area contributed by atoms with Crippen LogP contribution in [-0.4, -0.2) is 0 Å². The van der Waals surface area contributed by atoms with Gasteiger partial charge in [0.2, 0.25) is 0 Å². The van der Waals surface area contributed by atoms with E-state index in [1.54, 1.807) is 0 Å². The molecule has 0 N–H and O–H groups in total. The molecule has 0 nitrogen and oxygen atoms in total. The lowest BCUT2D eigenvalue weighted by molar-refractivity contribution is 1.15. The highest BCUT2D eigenvalue weighted by Crippen LogP contribution is 2.27. The summed E-state index contributed by atoms with van der Waals surface area (Å²) in [6.07, 6.45) is 4.59. The normalized spacial score (nSPS) is 16.0. The number of hydrogen-bond acceptors (Lipinski definition) is 0. The summed E-state index contributed by atoms with van der Waals surface area (Å²) >= 11 is 0. The molecule has 1 aliphatic carbocycles. The van der Waals surface area contributed by atoms with Crippen LogP contribution in [-0.2, 0) is 6.42 Å². The van der Waals surface area contributed by atoms with Crippen molar-refractivity contribution in [1.82, 2.24) is 0 Å². The fourth-order valence-electron chi connectivity index (χ4n) is 1.88. The molecule has 0 aliphatic heterocycles. The van der Waals surface area contributed by atoms with Gasteiger partial charge in [-0.05, 0) is 43.4 Å². The maximum absolute atomic E-state index is 2.36. The summed E-state index contributed by atoms with van der Waals surface area (Å²) < 4.78 is 0. The third-order valence-electron chi connectivity index (χ3n) is 3.01. The van der Waals surface area contributed by atoms with E-state index in [2.05, 4.69) is 50.3 Å². The molecule has 1 aromatic rings. The number of rotatable bonds is 2. The number of allylic oxidation sites excluding steroid dienone is 4. The van der Waals surface area contributed by atoms with E-state index in [-0.39, 0.29) is 0 Å². The molecule has 0 aromatic heterocycles. The van der Waals surface area contributed by atoms with Gasteiger partial charge < -0.3 is 0 Å². The Labute approximate surface area is 86.0 Å². The van der Waals surface area contributed by atoms with Gasteiger partial charge in [0.05, 0.1) is 0 Å². The molecule has 0 saturated carbocycles. The zero-order valence-electron chi connectivity index (χ0n) is 8.88. The van der Waals surface area contributed by atoms with Gasteiger partial charge in [-0.15, -0.1) is 0 Å². The van der Waals surface area contributed by atoms with Gasteiger partial charge in [-0.1, -0.05) is 42.0 Å². The molecule has 1 aromatic carbocycles. The molecule has 0 atom stereocenters. The van der Waals surface area contributed by atoms with Gasteiger partial charge in [0, 0.05) is 0 Å². The number of hydrogen-bond donors (Lipinski definition) is 0. The van der Waals surface area contributed by atoms with E-state index in [0.717, 1.165) is 12.8 Å². The molecule has 72 valence electrons. The molecule has 1 aliphatic rings. The molecule has 0 spiro atoms. The Morgan fingerprint density at radius 1 is 1.07 bits per heavy atom. The smallest absolute Gasteiger partial charge is 0.00262 e. The van der Waals surface area contributed by atoms with Crippen molar-refractivity contribution >= 4 is 0 Å². The van der Waals surface area contributed by atoms with Crippen LogP contribution < -0.4 is 0 Å². The topological polar surface area (TPSA) is 0 Å². The van der Waals surface area contributed by atoms with Crippen LogP contribution in [0.25, 0.3) is 0 Å². The molecule has 0 saturated heterocycles. The Balaban J connectivity index is 2.14. The lowest BCUT2D eigenvalue weighted by Crippen LogP contribution is -1.89. The summed E-state index contributed by atoms with van der Waals surface area (Å²) in [7, 11) is 0. The average molecular weight is 184 g/mol. The van der Waals surface area contributed by atoms with Crippen molar-refractivity contribution in [2.45, 2.75) is 26.7 Å². The van der Waals surface area contributed by atoms with Gasteiger partial charge in [0.1, 0.15) is 0 Å². The molecule has 0 heterocycles. The summed E-state index contributed by atoms with van der Waals surface area (Å²) in [4.78, 5) is 0. The number of benzene rings is 1. The molecule has 0 heteroatoms. The van der Waals surface area contributed by atoms with E-state index < -0.39 is 0 Å². The van der Waals surface area contributed by atoms with E-state index in [9.17, 15) is 0 Å². The van der Waals surface area contributed by atoms with E-state index in [1.807, 2.05) is 0 Å². The Kier molecular flexibility index (Phi) is 2.53. The van der Waals surface area contributed by atoms with Crippen molar-refractivity contribution in [3.05, 3.63) is 58.7 Å². The maximum Gasteiger partial charge on any atom is -0.00262 e. The van der Waals surface area contributed by atoms with Crippen LogP contribution >= 0.6 is 0 Å². The highest BCUT2D eigenvalue weighted by molar-refractivity contribution is 5.43. The largest absolute Gasteiger partial charge is 0.0766 e. The van der Waals surface area contributed by atoms with Crippen molar-refractivity contribution < 1.29 is 0 Å². The highest BCUT2D eigenvalue weighted by Gasteiger charge is 2.10. The van der Waals surface area contributed by atoms with Crippen LogP contribution in [0.4, 0.5) is 0 Å². The minimum atomic E-state index is 1.09. The van der Waals surface area contributed by atoms with Gasteiger partial charge in [-0.2, -0.15) is 0 Å². The fourth-order valence-corrected chi connectivity index (χ4v) is 1.88. The first-order chi connectivity index (χ1) is 6.77. The van der Waals surface area contributed by atoms with Gasteiger partial charge in [-0.25, -0.2) is 0 Å². The third kappa shape index (κ3) is 1.79. The maximum atomic E-state index is 2.36. The van der Waals surface area contributed by atoms with Crippen molar-refractivity contribution in [1.29, 1.82) is 0 Å². The first-order valence-electron chi connectivity index (χ1n) is 5.17. The second-order valence-corrected chi connectivity index (χ2v) is 4.00. The summed E-state index contributed by atoms with van der Waals surface area (Å²) in [5, 5.41) is 0. The molecule has 0 bridgehead atoms. The minimum Gasteiger partial charge on any atom is -0.0766 e.